The van der Waals surface area contributed by atoms with Crippen molar-refractivity contribution in [2.45, 2.75) is 82.8 Å². The lowest BCUT2D eigenvalue weighted by Gasteiger charge is -2.39. The van der Waals surface area contributed by atoms with Gasteiger partial charge in [-0.25, -0.2) is 0 Å². The Morgan fingerprint density at radius 1 is 1.00 bits per heavy atom. The van der Waals surface area contributed by atoms with Gasteiger partial charge in [-0.2, -0.15) is 5.26 Å². The van der Waals surface area contributed by atoms with Crippen LogP contribution in [0.2, 0.25) is 18.1 Å². The van der Waals surface area contributed by atoms with Crippen LogP contribution in [0.15, 0.2) is 24.3 Å². The van der Waals surface area contributed by atoms with Crippen molar-refractivity contribution in [3.63, 3.8) is 0 Å². The minimum atomic E-state index is -2.39. The van der Waals surface area contributed by atoms with E-state index < -0.39 is 8.41 Å². The van der Waals surface area contributed by atoms with Crippen LogP contribution < -0.4 is 4.74 Å². The van der Waals surface area contributed by atoms with Crippen LogP contribution in [0.3, 0.4) is 0 Å². The standard InChI is InChI=1S/C24H36FNOSi/c1-2-3-4-15-28(25)16-13-23(14-17-28)22-9-5-21(6-10-22)19-27-24-11-7-20(18-26)8-12-24/h7-8,11-12,21-23H,2-6,9-10,13-17,19H2,1H3/t21-,22-,23?,28?. The van der Waals surface area contributed by atoms with Crippen LogP contribution in [0.4, 0.5) is 4.11 Å². The number of nitriles is 1. The fourth-order valence-electron chi connectivity index (χ4n) is 5.24. The summed E-state index contributed by atoms with van der Waals surface area (Å²) < 4.78 is 21.1. The smallest absolute Gasteiger partial charge is 0.247 e. The van der Waals surface area contributed by atoms with Crippen LogP contribution in [0, 0.1) is 29.1 Å². The minimum Gasteiger partial charge on any atom is -0.493 e. The Morgan fingerprint density at radius 2 is 1.64 bits per heavy atom. The average Bonchev–Trinajstić information content (AvgIpc) is 2.74. The molecule has 2 nitrogen and oxygen atoms in total. The first kappa shape index (κ1) is 21.4. The monoisotopic (exact) mass is 401 g/mol. The number of halogens is 1. The predicted molar refractivity (Wildman–Crippen MR) is 116 cm³/mol. The second-order valence-electron chi connectivity index (χ2n) is 9.17. The summed E-state index contributed by atoms with van der Waals surface area (Å²) in [5.74, 6) is 3.10. The highest BCUT2D eigenvalue weighted by Crippen LogP contribution is 2.44. The highest BCUT2D eigenvalue weighted by atomic mass is 28.4. The van der Waals surface area contributed by atoms with Crippen LogP contribution in [0.5, 0.6) is 5.75 Å². The van der Waals surface area contributed by atoms with Crippen molar-refractivity contribution in [1.82, 2.24) is 0 Å². The molecule has 2 aliphatic rings. The van der Waals surface area contributed by atoms with Crippen molar-refractivity contribution in [3.8, 4) is 11.8 Å². The van der Waals surface area contributed by atoms with Gasteiger partial charge in [-0.05, 0) is 85.8 Å². The fraction of sp³-hybridized carbons (Fsp3) is 0.708. The van der Waals surface area contributed by atoms with E-state index in [1.807, 2.05) is 24.3 Å². The molecule has 1 aromatic carbocycles. The fourth-order valence-corrected chi connectivity index (χ4v) is 8.65. The van der Waals surface area contributed by atoms with Gasteiger partial charge in [-0.15, -0.1) is 0 Å². The minimum absolute atomic E-state index is 0.638. The molecule has 1 aliphatic heterocycles. The summed E-state index contributed by atoms with van der Waals surface area (Å²) in [6, 6.07) is 12.3. The highest BCUT2D eigenvalue weighted by molar-refractivity contribution is 6.73. The van der Waals surface area contributed by atoms with Gasteiger partial charge in [0.2, 0.25) is 8.41 Å². The predicted octanol–water partition coefficient (Wildman–Crippen LogP) is 7.26. The first-order valence-corrected chi connectivity index (χ1v) is 13.9. The van der Waals surface area contributed by atoms with E-state index in [2.05, 4.69) is 13.0 Å². The maximum absolute atomic E-state index is 15.1. The zero-order valence-corrected chi connectivity index (χ0v) is 18.5. The highest BCUT2D eigenvalue weighted by Gasteiger charge is 2.40. The largest absolute Gasteiger partial charge is 0.493 e. The summed E-state index contributed by atoms with van der Waals surface area (Å²) in [7, 11) is -2.39. The molecule has 1 heterocycles. The van der Waals surface area contributed by atoms with Crippen LogP contribution in [0.25, 0.3) is 0 Å². The number of benzene rings is 1. The van der Waals surface area contributed by atoms with E-state index in [1.165, 1.54) is 38.5 Å². The van der Waals surface area contributed by atoms with E-state index in [4.69, 9.17) is 10.00 Å². The molecule has 0 bridgehead atoms. The molecule has 0 aromatic heterocycles. The molecule has 0 N–H and O–H groups in total. The Balaban J connectivity index is 1.35. The van der Waals surface area contributed by atoms with Gasteiger partial charge in [-0.1, -0.05) is 39.0 Å². The molecule has 154 valence electrons. The topological polar surface area (TPSA) is 33.0 Å². The van der Waals surface area contributed by atoms with Crippen molar-refractivity contribution >= 4 is 8.41 Å². The van der Waals surface area contributed by atoms with E-state index in [0.717, 1.165) is 61.6 Å². The molecule has 28 heavy (non-hydrogen) atoms. The van der Waals surface area contributed by atoms with Crippen molar-refractivity contribution in [2.24, 2.45) is 17.8 Å². The quantitative estimate of drug-likeness (QED) is 0.261. The molecular formula is C24H36FNOSi. The molecule has 2 fully saturated rings. The Kier molecular flexibility index (Phi) is 7.97. The summed E-state index contributed by atoms with van der Waals surface area (Å²) in [4.78, 5) is 0. The Morgan fingerprint density at radius 3 is 2.25 bits per heavy atom. The molecular weight excluding hydrogens is 365 g/mol. The number of rotatable bonds is 8. The van der Waals surface area contributed by atoms with Crippen molar-refractivity contribution in [3.05, 3.63) is 29.8 Å². The number of hydrogen-bond acceptors (Lipinski definition) is 2. The molecule has 0 spiro atoms. The number of unbranched alkanes of at least 4 members (excludes halogenated alkanes) is 2. The Hall–Kier alpha value is -1.34. The van der Waals surface area contributed by atoms with E-state index in [-0.39, 0.29) is 0 Å². The first-order chi connectivity index (χ1) is 13.6. The number of nitrogens with zero attached hydrogens (tertiary/aromatic N) is 1. The van der Waals surface area contributed by atoms with Gasteiger partial charge in [0.05, 0.1) is 18.2 Å². The maximum atomic E-state index is 15.1. The molecule has 0 amide bonds. The Labute approximate surface area is 171 Å². The Bertz CT molecular complexity index is 625. The van der Waals surface area contributed by atoms with Gasteiger partial charge in [0, 0.05) is 0 Å². The van der Waals surface area contributed by atoms with Crippen molar-refractivity contribution < 1.29 is 8.84 Å². The average molecular weight is 402 g/mol. The van der Waals surface area contributed by atoms with Crippen molar-refractivity contribution in [2.75, 3.05) is 6.61 Å². The van der Waals surface area contributed by atoms with Gasteiger partial charge in [0.1, 0.15) is 5.75 Å². The normalized spacial score (nSPS) is 30.5. The molecule has 1 aliphatic carbocycles. The van der Waals surface area contributed by atoms with Crippen LogP contribution in [-0.4, -0.2) is 15.0 Å². The molecule has 4 heteroatoms. The van der Waals surface area contributed by atoms with Gasteiger partial charge in [-0.3, -0.25) is 0 Å². The van der Waals surface area contributed by atoms with Crippen LogP contribution >= 0.6 is 0 Å². The summed E-state index contributed by atoms with van der Waals surface area (Å²) in [5, 5.41) is 8.86. The molecule has 1 saturated heterocycles. The van der Waals surface area contributed by atoms with Gasteiger partial charge in [0.25, 0.3) is 0 Å². The first-order valence-electron chi connectivity index (χ1n) is 11.4. The molecule has 3 rings (SSSR count). The molecule has 0 radical (unpaired) electrons. The van der Waals surface area contributed by atoms with Gasteiger partial charge in [0.15, 0.2) is 0 Å². The number of hydrogen-bond donors (Lipinski definition) is 0. The van der Waals surface area contributed by atoms with E-state index in [9.17, 15) is 0 Å². The summed E-state index contributed by atoms with van der Waals surface area (Å²) >= 11 is 0. The van der Waals surface area contributed by atoms with Crippen LogP contribution in [0.1, 0.15) is 70.3 Å². The SMILES string of the molecule is CCCCC[Si]1(F)CCC([C@H]2CC[C@H](COc3ccc(C#N)cc3)CC2)CC1. The molecule has 1 aromatic rings. The van der Waals surface area contributed by atoms with Gasteiger partial charge < -0.3 is 8.84 Å². The zero-order chi connectivity index (χ0) is 19.8. The maximum Gasteiger partial charge on any atom is 0.247 e. The lowest BCUT2D eigenvalue weighted by molar-refractivity contribution is 0.147. The van der Waals surface area contributed by atoms with Crippen molar-refractivity contribution in [1.29, 1.82) is 5.26 Å². The zero-order valence-electron chi connectivity index (χ0n) is 17.5. The summed E-state index contributed by atoms with van der Waals surface area (Å²) in [5.41, 5.74) is 0.672. The third-order valence-corrected chi connectivity index (χ3v) is 10.8. The summed E-state index contributed by atoms with van der Waals surface area (Å²) in [6.45, 7) is 2.98. The molecule has 0 atom stereocenters. The van der Waals surface area contributed by atoms with E-state index in [1.54, 1.807) is 0 Å². The van der Waals surface area contributed by atoms with Crippen LogP contribution in [-0.2, 0) is 0 Å². The van der Waals surface area contributed by atoms with Gasteiger partial charge >= 0.3 is 0 Å². The lowest BCUT2D eigenvalue weighted by Crippen LogP contribution is -2.36. The summed E-state index contributed by atoms with van der Waals surface area (Å²) in [6.07, 6.45) is 10.9. The third-order valence-electron chi connectivity index (χ3n) is 7.18. The number of ether oxygens (including phenoxy) is 1. The second-order valence-corrected chi connectivity index (χ2v) is 13.0. The third kappa shape index (κ3) is 6.08. The van der Waals surface area contributed by atoms with E-state index in [0.29, 0.717) is 11.5 Å². The van der Waals surface area contributed by atoms with E-state index >= 15 is 4.11 Å². The molecule has 0 unspecified atom stereocenters. The molecule has 1 saturated carbocycles. The lowest BCUT2D eigenvalue weighted by atomic mass is 9.74. The second kappa shape index (κ2) is 10.4.